The number of ether oxygens (including phenoxy) is 3. The van der Waals surface area contributed by atoms with Crippen LogP contribution in [0.5, 0.6) is 0 Å². The number of hydrogen-bond donors (Lipinski definition) is 0. The van der Waals surface area contributed by atoms with Gasteiger partial charge in [0.2, 0.25) is 0 Å². The molecule has 0 rings (SSSR count). The lowest BCUT2D eigenvalue weighted by atomic mass is 10.0. The molecule has 6 heteroatoms. The SMILES string of the molecule is CC/C=C\C/C=C\C/C=C\CCCCCCCCC(=O)OCC(COC(=O)CCCCCCCCCCC)OC(=O)CCCCCCCCCCCCCCC. The summed E-state index contributed by atoms with van der Waals surface area (Å²) in [7, 11) is 0. The fourth-order valence-corrected chi connectivity index (χ4v) is 6.81. The van der Waals surface area contributed by atoms with Crippen molar-refractivity contribution in [3.8, 4) is 0 Å². The van der Waals surface area contributed by atoms with Gasteiger partial charge in [0.25, 0.3) is 0 Å². The number of esters is 3. The molecule has 6 nitrogen and oxygen atoms in total. The van der Waals surface area contributed by atoms with Crippen LogP contribution in [-0.2, 0) is 28.6 Å². The van der Waals surface area contributed by atoms with Crippen LogP contribution in [0.25, 0.3) is 0 Å². The highest BCUT2D eigenvalue weighted by Crippen LogP contribution is 2.15. The van der Waals surface area contributed by atoms with Crippen LogP contribution in [0.1, 0.15) is 245 Å². The van der Waals surface area contributed by atoms with Gasteiger partial charge in [0.1, 0.15) is 13.2 Å². The first-order valence-corrected chi connectivity index (χ1v) is 24.0. The summed E-state index contributed by atoms with van der Waals surface area (Å²) in [6, 6.07) is 0. The Balaban J connectivity index is 4.33. The maximum absolute atomic E-state index is 12.7. The van der Waals surface area contributed by atoms with E-state index < -0.39 is 6.10 Å². The number of unbranched alkanes of at least 4 members (excludes halogenated alkanes) is 26. The van der Waals surface area contributed by atoms with E-state index in [2.05, 4.69) is 57.2 Å². The molecule has 0 spiro atoms. The van der Waals surface area contributed by atoms with Crippen molar-refractivity contribution < 1.29 is 28.6 Å². The fourth-order valence-electron chi connectivity index (χ4n) is 6.81. The van der Waals surface area contributed by atoms with Gasteiger partial charge in [-0.25, -0.2) is 0 Å². The van der Waals surface area contributed by atoms with Crippen molar-refractivity contribution in [3.05, 3.63) is 36.5 Å². The Labute approximate surface area is 346 Å². The van der Waals surface area contributed by atoms with Crippen molar-refractivity contribution in [3.63, 3.8) is 0 Å². The Bertz CT molecular complexity index is 953. The molecule has 326 valence electrons. The number of carbonyl (C=O) groups is 3. The molecule has 0 aromatic heterocycles. The van der Waals surface area contributed by atoms with Crippen LogP contribution in [-0.4, -0.2) is 37.2 Å². The average Bonchev–Trinajstić information content (AvgIpc) is 3.19. The van der Waals surface area contributed by atoms with Crippen LogP contribution in [0.15, 0.2) is 36.5 Å². The first-order valence-electron chi connectivity index (χ1n) is 24.0. The quantitative estimate of drug-likeness (QED) is 0.0265. The Morgan fingerprint density at radius 1 is 0.375 bits per heavy atom. The minimum atomic E-state index is -0.770. The van der Waals surface area contributed by atoms with E-state index in [9.17, 15) is 14.4 Å². The van der Waals surface area contributed by atoms with Crippen LogP contribution < -0.4 is 0 Å². The molecular weight excluding hydrogens is 697 g/mol. The predicted molar refractivity (Wildman–Crippen MR) is 238 cm³/mol. The monoisotopic (exact) mass is 787 g/mol. The lowest BCUT2D eigenvalue weighted by molar-refractivity contribution is -0.167. The minimum Gasteiger partial charge on any atom is -0.462 e. The molecule has 1 unspecified atom stereocenters. The molecule has 0 aromatic carbocycles. The second-order valence-corrected chi connectivity index (χ2v) is 16.0. The van der Waals surface area contributed by atoms with Gasteiger partial charge in [0, 0.05) is 19.3 Å². The van der Waals surface area contributed by atoms with Crippen molar-refractivity contribution in [1.29, 1.82) is 0 Å². The third-order valence-corrected chi connectivity index (χ3v) is 10.4. The Morgan fingerprint density at radius 2 is 0.696 bits per heavy atom. The van der Waals surface area contributed by atoms with Gasteiger partial charge in [-0.3, -0.25) is 14.4 Å². The molecule has 0 fully saturated rings. The summed E-state index contributed by atoms with van der Waals surface area (Å²) < 4.78 is 16.7. The van der Waals surface area contributed by atoms with E-state index in [4.69, 9.17) is 14.2 Å². The van der Waals surface area contributed by atoms with Crippen molar-refractivity contribution in [2.75, 3.05) is 13.2 Å². The van der Waals surface area contributed by atoms with Crippen molar-refractivity contribution in [1.82, 2.24) is 0 Å². The molecule has 0 aliphatic rings. The molecule has 0 aliphatic heterocycles. The summed E-state index contributed by atoms with van der Waals surface area (Å²) in [5.41, 5.74) is 0. The molecule has 1 atom stereocenters. The van der Waals surface area contributed by atoms with E-state index in [0.29, 0.717) is 19.3 Å². The van der Waals surface area contributed by atoms with E-state index in [1.807, 2.05) is 0 Å². The second-order valence-electron chi connectivity index (χ2n) is 16.0. The zero-order valence-corrected chi connectivity index (χ0v) is 37.2. The maximum Gasteiger partial charge on any atom is 0.306 e. The number of allylic oxidation sites excluding steroid dienone is 6. The summed E-state index contributed by atoms with van der Waals surface area (Å²) in [6.07, 6.45) is 51.2. The van der Waals surface area contributed by atoms with Crippen molar-refractivity contribution >= 4 is 17.9 Å². The third-order valence-electron chi connectivity index (χ3n) is 10.4. The van der Waals surface area contributed by atoms with Gasteiger partial charge in [-0.1, -0.05) is 211 Å². The van der Waals surface area contributed by atoms with Crippen LogP contribution in [0, 0.1) is 0 Å². The molecular formula is C50H90O6. The molecule has 0 N–H and O–H groups in total. The third kappa shape index (κ3) is 42.8. The Morgan fingerprint density at radius 3 is 1.09 bits per heavy atom. The number of hydrogen-bond acceptors (Lipinski definition) is 6. The Kier molecular flexibility index (Phi) is 43.4. The minimum absolute atomic E-state index is 0.0730. The number of rotatable bonds is 43. The molecule has 0 bridgehead atoms. The molecule has 0 aliphatic carbocycles. The molecule has 56 heavy (non-hydrogen) atoms. The lowest BCUT2D eigenvalue weighted by Crippen LogP contribution is -2.30. The highest BCUT2D eigenvalue weighted by atomic mass is 16.6. The van der Waals surface area contributed by atoms with Gasteiger partial charge in [-0.15, -0.1) is 0 Å². The van der Waals surface area contributed by atoms with Gasteiger partial charge in [-0.2, -0.15) is 0 Å². The van der Waals surface area contributed by atoms with E-state index in [1.54, 1.807) is 0 Å². The van der Waals surface area contributed by atoms with Gasteiger partial charge in [0.15, 0.2) is 6.10 Å². The smallest absolute Gasteiger partial charge is 0.306 e. The van der Waals surface area contributed by atoms with Crippen LogP contribution in [0.4, 0.5) is 0 Å². The van der Waals surface area contributed by atoms with Gasteiger partial charge < -0.3 is 14.2 Å². The van der Waals surface area contributed by atoms with Gasteiger partial charge >= 0.3 is 17.9 Å². The Hall–Kier alpha value is -2.37. The summed E-state index contributed by atoms with van der Waals surface area (Å²) in [6.45, 7) is 6.50. The summed E-state index contributed by atoms with van der Waals surface area (Å²) in [4.78, 5) is 37.8. The van der Waals surface area contributed by atoms with Gasteiger partial charge in [0.05, 0.1) is 0 Å². The molecule has 0 radical (unpaired) electrons. The molecule has 0 heterocycles. The van der Waals surface area contributed by atoms with E-state index >= 15 is 0 Å². The highest BCUT2D eigenvalue weighted by molar-refractivity contribution is 5.71. The van der Waals surface area contributed by atoms with E-state index in [-0.39, 0.29) is 31.1 Å². The normalized spacial score (nSPS) is 12.3. The van der Waals surface area contributed by atoms with Gasteiger partial charge in [-0.05, 0) is 51.4 Å². The molecule has 0 amide bonds. The van der Waals surface area contributed by atoms with Crippen LogP contribution in [0.3, 0.4) is 0 Å². The largest absolute Gasteiger partial charge is 0.462 e. The summed E-state index contributed by atoms with van der Waals surface area (Å²) in [5, 5.41) is 0. The zero-order chi connectivity index (χ0) is 40.8. The lowest BCUT2D eigenvalue weighted by Gasteiger charge is -2.18. The topological polar surface area (TPSA) is 78.9 Å². The average molecular weight is 787 g/mol. The summed E-state index contributed by atoms with van der Waals surface area (Å²) in [5.74, 6) is -0.882. The summed E-state index contributed by atoms with van der Waals surface area (Å²) >= 11 is 0. The second kappa shape index (κ2) is 45.3. The van der Waals surface area contributed by atoms with E-state index in [0.717, 1.165) is 83.5 Å². The zero-order valence-electron chi connectivity index (χ0n) is 37.2. The predicted octanol–water partition coefficient (Wildman–Crippen LogP) is 15.4. The standard InChI is InChI=1S/C50H90O6/c1-4-7-10-13-16-19-21-23-24-25-27-28-31-34-37-40-43-49(52)55-46-47(45-54-48(51)42-39-36-33-30-18-15-12-9-6-3)56-50(53)44-41-38-35-32-29-26-22-20-17-14-11-8-5-2/h7,10,16,19,23-24,47H,4-6,8-9,11-15,17-18,20-22,25-46H2,1-3H3/b10-7-,19-16-,24-23-. The fraction of sp³-hybridized carbons (Fsp3) is 0.820. The highest BCUT2D eigenvalue weighted by Gasteiger charge is 2.19. The first-order chi connectivity index (χ1) is 27.5. The molecule has 0 aromatic rings. The van der Waals surface area contributed by atoms with Crippen LogP contribution in [0.2, 0.25) is 0 Å². The number of carbonyl (C=O) groups excluding carboxylic acids is 3. The molecule has 0 saturated carbocycles. The van der Waals surface area contributed by atoms with Crippen LogP contribution >= 0.6 is 0 Å². The van der Waals surface area contributed by atoms with E-state index in [1.165, 1.54) is 122 Å². The maximum atomic E-state index is 12.7. The van der Waals surface area contributed by atoms with Crippen molar-refractivity contribution in [2.24, 2.45) is 0 Å². The molecule has 0 saturated heterocycles. The first kappa shape index (κ1) is 53.6. The van der Waals surface area contributed by atoms with Crippen molar-refractivity contribution in [2.45, 2.75) is 252 Å².